The lowest BCUT2D eigenvalue weighted by Gasteiger charge is -2.07. The molecular weight excluding hydrogens is 394 g/mol. The number of benzene rings is 3. The van der Waals surface area contributed by atoms with Crippen molar-refractivity contribution in [3.63, 3.8) is 0 Å². The van der Waals surface area contributed by atoms with E-state index in [0.717, 1.165) is 27.4 Å². The number of anilines is 1. The second-order valence-corrected chi connectivity index (χ2v) is 8.35. The zero-order valence-corrected chi connectivity index (χ0v) is 17.5. The highest BCUT2D eigenvalue weighted by molar-refractivity contribution is 7.90. The van der Waals surface area contributed by atoms with E-state index in [2.05, 4.69) is 10.4 Å². The maximum absolute atomic E-state index is 13.1. The number of aromatic nitrogens is 2. The number of para-hydroxylation sites is 1. The van der Waals surface area contributed by atoms with Crippen molar-refractivity contribution in [2.45, 2.75) is 11.8 Å². The Balaban J connectivity index is 1.75. The van der Waals surface area contributed by atoms with E-state index in [1.54, 1.807) is 29.3 Å². The van der Waals surface area contributed by atoms with E-state index in [-0.39, 0.29) is 5.91 Å². The predicted molar refractivity (Wildman–Crippen MR) is 120 cm³/mol. The average molecular weight is 416 g/mol. The molecule has 0 saturated carbocycles. The Morgan fingerprint density at radius 3 is 2.40 bits per heavy atom. The number of aryl methyl sites for hydroxylation is 1. The largest absolute Gasteiger partial charge is 0.612 e. The van der Waals surface area contributed by atoms with E-state index < -0.39 is 11.2 Å². The smallest absolute Gasteiger partial charge is 0.259 e. The van der Waals surface area contributed by atoms with Crippen LogP contribution < -0.4 is 5.32 Å². The summed E-state index contributed by atoms with van der Waals surface area (Å²) in [4.78, 5) is 13.9. The number of carbonyl (C=O) groups is 1. The lowest BCUT2D eigenvalue weighted by molar-refractivity contribution is 0.102. The van der Waals surface area contributed by atoms with Crippen molar-refractivity contribution in [2.75, 3.05) is 11.6 Å². The van der Waals surface area contributed by atoms with Gasteiger partial charge in [-0.05, 0) is 72.2 Å². The normalized spacial score (nSPS) is 11.8. The van der Waals surface area contributed by atoms with Gasteiger partial charge in [0.15, 0.2) is 4.90 Å². The molecule has 1 heterocycles. The van der Waals surface area contributed by atoms with Crippen LogP contribution in [0.1, 0.15) is 15.9 Å². The van der Waals surface area contributed by atoms with E-state index in [9.17, 15) is 9.35 Å². The quantitative estimate of drug-likeness (QED) is 0.474. The number of hydrogen-bond acceptors (Lipinski definition) is 3. The summed E-state index contributed by atoms with van der Waals surface area (Å²) in [6, 6.07) is 24.6. The molecule has 0 radical (unpaired) electrons. The van der Waals surface area contributed by atoms with Gasteiger partial charge < -0.3 is 9.87 Å². The van der Waals surface area contributed by atoms with Gasteiger partial charge in [0.1, 0.15) is 11.9 Å². The maximum Gasteiger partial charge on any atom is 0.259 e. The fourth-order valence-corrected chi connectivity index (χ4v) is 3.71. The highest BCUT2D eigenvalue weighted by Gasteiger charge is 2.19. The molecule has 150 valence electrons. The van der Waals surface area contributed by atoms with Crippen LogP contribution in [-0.4, -0.2) is 26.5 Å². The molecule has 1 aromatic heterocycles. The lowest BCUT2D eigenvalue weighted by atomic mass is 10.1. The molecule has 1 unspecified atom stereocenters. The monoisotopic (exact) mass is 415 g/mol. The van der Waals surface area contributed by atoms with Gasteiger partial charge in [0.05, 0.1) is 11.3 Å². The van der Waals surface area contributed by atoms with E-state index in [0.29, 0.717) is 11.3 Å². The molecule has 4 rings (SSSR count). The first-order valence-corrected chi connectivity index (χ1v) is 11.0. The molecule has 0 aliphatic carbocycles. The molecule has 5 nitrogen and oxygen atoms in total. The Hall–Kier alpha value is -3.35. The Labute approximate surface area is 178 Å². The van der Waals surface area contributed by atoms with Crippen molar-refractivity contribution < 1.29 is 9.35 Å². The summed E-state index contributed by atoms with van der Waals surface area (Å²) >= 11 is -1.07. The molecule has 0 spiro atoms. The molecule has 4 aromatic rings. The average Bonchev–Trinajstić information content (AvgIpc) is 3.20. The number of rotatable bonds is 5. The van der Waals surface area contributed by atoms with Gasteiger partial charge in [-0.3, -0.25) is 4.79 Å². The first-order chi connectivity index (χ1) is 14.5. The van der Waals surface area contributed by atoms with Crippen LogP contribution in [0.5, 0.6) is 0 Å². The third kappa shape index (κ3) is 4.30. The molecule has 1 N–H and O–H groups in total. The Morgan fingerprint density at radius 1 is 1.00 bits per heavy atom. The highest BCUT2D eigenvalue weighted by Crippen LogP contribution is 2.26. The molecule has 1 amide bonds. The molecule has 0 aliphatic rings. The number of carbonyl (C=O) groups excluding carboxylic acids is 1. The van der Waals surface area contributed by atoms with Gasteiger partial charge in [0.25, 0.3) is 5.91 Å². The Bertz CT molecular complexity index is 1170. The number of nitrogens with zero attached hydrogens (tertiary/aromatic N) is 2. The van der Waals surface area contributed by atoms with Crippen LogP contribution in [0.3, 0.4) is 0 Å². The van der Waals surface area contributed by atoms with Gasteiger partial charge in [0, 0.05) is 17.4 Å². The predicted octanol–water partition coefficient (Wildman–Crippen LogP) is 4.84. The van der Waals surface area contributed by atoms with Gasteiger partial charge in [-0.2, -0.15) is 5.10 Å². The number of amides is 1. The molecule has 0 aliphatic heterocycles. The topological polar surface area (TPSA) is 70.0 Å². The fraction of sp³-hybridized carbons (Fsp3) is 0.0833. The molecule has 0 fully saturated rings. The van der Waals surface area contributed by atoms with Crippen LogP contribution in [-0.2, 0) is 11.2 Å². The minimum atomic E-state index is -1.07. The molecule has 3 aromatic carbocycles. The third-order valence-electron chi connectivity index (χ3n) is 4.72. The van der Waals surface area contributed by atoms with Crippen molar-refractivity contribution >= 4 is 22.8 Å². The van der Waals surface area contributed by atoms with Gasteiger partial charge in [-0.25, -0.2) is 4.68 Å². The Morgan fingerprint density at radius 2 is 1.73 bits per heavy atom. The highest BCUT2D eigenvalue weighted by atomic mass is 32.2. The van der Waals surface area contributed by atoms with E-state index in [4.69, 9.17) is 0 Å². The number of nitrogens with one attached hydrogen (secondary N) is 1. The van der Waals surface area contributed by atoms with Crippen LogP contribution in [0.2, 0.25) is 0 Å². The third-order valence-corrected chi connectivity index (χ3v) is 5.65. The minimum Gasteiger partial charge on any atom is -0.612 e. The Kier molecular flexibility index (Phi) is 5.70. The van der Waals surface area contributed by atoms with Gasteiger partial charge in [0.2, 0.25) is 0 Å². The van der Waals surface area contributed by atoms with Crippen molar-refractivity contribution in [1.29, 1.82) is 0 Å². The minimum absolute atomic E-state index is 0.235. The molecule has 30 heavy (non-hydrogen) atoms. The summed E-state index contributed by atoms with van der Waals surface area (Å²) in [6.45, 7) is 1.98. The van der Waals surface area contributed by atoms with Crippen molar-refractivity contribution in [2.24, 2.45) is 0 Å². The second kappa shape index (κ2) is 8.57. The van der Waals surface area contributed by atoms with Gasteiger partial charge in [-0.15, -0.1) is 0 Å². The summed E-state index contributed by atoms with van der Waals surface area (Å²) in [5, 5.41) is 7.65. The summed E-state index contributed by atoms with van der Waals surface area (Å²) < 4.78 is 13.4. The summed E-state index contributed by atoms with van der Waals surface area (Å²) in [7, 11) is 0. The van der Waals surface area contributed by atoms with Crippen LogP contribution in [0.15, 0.2) is 90.0 Å². The summed E-state index contributed by atoms with van der Waals surface area (Å²) in [5.74, 6) is -0.235. The summed E-state index contributed by atoms with van der Waals surface area (Å²) in [6.07, 6.45) is 3.38. The van der Waals surface area contributed by atoms with Crippen LogP contribution in [0, 0.1) is 6.92 Å². The van der Waals surface area contributed by atoms with E-state index in [1.807, 2.05) is 73.7 Å². The zero-order chi connectivity index (χ0) is 21.1. The molecule has 0 saturated heterocycles. The van der Waals surface area contributed by atoms with Crippen LogP contribution in [0.25, 0.3) is 16.9 Å². The maximum atomic E-state index is 13.1. The standard InChI is InChI=1S/C24H21N3O2S/c1-17-7-6-8-19(15-17)25-24(28)22-16-27(20-9-4-3-5-10-20)26-23(22)18-11-13-21(14-12-18)30(2)29/h3-16H,1-2H3,(H,25,28). The molecule has 1 atom stereocenters. The van der Waals surface area contributed by atoms with Crippen molar-refractivity contribution in [3.8, 4) is 16.9 Å². The van der Waals surface area contributed by atoms with E-state index >= 15 is 0 Å². The van der Waals surface area contributed by atoms with E-state index in [1.165, 1.54) is 0 Å². The van der Waals surface area contributed by atoms with Crippen molar-refractivity contribution in [3.05, 3.63) is 96.2 Å². The van der Waals surface area contributed by atoms with Crippen LogP contribution >= 0.6 is 0 Å². The lowest BCUT2D eigenvalue weighted by Crippen LogP contribution is -2.12. The fourth-order valence-electron chi connectivity index (χ4n) is 3.19. The van der Waals surface area contributed by atoms with Crippen molar-refractivity contribution in [1.82, 2.24) is 9.78 Å². The SMILES string of the molecule is Cc1cccc(NC(=O)c2cn(-c3ccccc3)nc2-c2ccc([S+](C)[O-])cc2)c1. The van der Waals surface area contributed by atoms with Gasteiger partial charge in [-0.1, -0.05) is 30.3 Å². The second-order valence-electron chi connectivity index (χ2n) is 6.97. The zero-order valence-electron chi connectivity index (χ0n) is 16.7. The number of hydrogen-bond donors (Lipinski definition) is 1. The van der Waals surface area contributed by atoms with Crippen LogP contribution in [0.4, 0.5) is 5.69 Å². The first kappa shape index (κ1) is 19.9. The first-order valence-electron chi connectivity index (χ1n) is 9.48. The molecular formula is C24H21N3O2S. The summed E-state index contributed by atoms with van der Waals surface area (Å²) in [5.41, 5.74) is 4.47. The molecule has 0 bridgehead atoms. The molecule has 6 heteroatoms. The van der Waals surface area contributed by atoms with Gasteiger partial charge >= 0.3 is 0 Å².